The Hall–Kier alpha value is -3.22. The fraction of sp³-hybridized carbons (Fsp3) is 0.286. The predicted octanol–water partition coefficient (Wildman–Crippen LogP) is 2.46. The van der Waals surface area contributed by atoms with E-state index in [0.717, 1.165) is 17.3 Å². The third kappa shape index (κ3) is 8.03. The van der Waals surface area contributed by atoms with Crippen LogP contribution in [0.5, 0.6) is 0 Å². The summed E-state index contributed by atoms with van der Waals surface area (Å²) in [5, 5.41) is 25.0. The zero-order valence-corrected chi connectivity index (χ0v) is 17.8. The molecule has 1 aliphatic heterocycles. The van der Waals surface area contributed by atoms with E-state index in [4.69, 9.17) is 5.26 Å². The predicted molar refractivity (Wildman–Crippen MR) is 120 cm³/mol. The zero-order valence-electron chi connectivity index (χ0n) is 17.0. The maximum absolute atomic E-state index is 11.9. The van der Waals surface area contributed by atoms with Gasteiger partial charge in [0.15, 0.2) is 5.04 Å². The van der Waals surface area contributed by atoms with E-state index >= 15 is 0 Å². The van der Waals surface area contributed by atoms with Gasteiger partial charge in [0, 0.05) is 7.05 Å². The summed E-state index contributed by atoms with van der Waals surface area (Å²) >= 11 is 1.15. The number of aliphatic imine (C=N–C) groups is 2. The van der Waals surface area contributed by atoms with Gasteiger partial charge in [-0.25, -0.2) is 4.99 Å². The van der Waals surface area contributed by atoms with Gasteiger partial charge >= 0.3 is 0 Å². The molecule has 0 saturated heterocycles. The van der Waals surface area contributed by atoms with Gasteiger partial charge in [-0.1, -0.05) is 55.6 Å². The van der Waals surface area contributed by atoms with Gasteiger partial charge < -0.3 is 15.7 Å². The molecule has 158 valence electrons. The summed E-state index contributed by atoms with van der Waals surface area (Å²) < 4.78 is 0. The van der Waals surface area contributed by atoms with E-state index in [1.807, 2.05) is 43.3 Å². The normalized spacial score (nSPS) is 14.5. The van der Waals surface area contributed by atoms with Crippen molar-refractivity contribution in [2.45, 2.75) is 25.8 Å². The van der Waals surface area contributed by atoms with Gasteiger partial charge in [0.25, 0.3) is 5.91 Å². The molecule has 30 heavy (non-hydrogen) atoms. The van der Waals surface area contributed by atoms with E-state index in [1.165, 1.54) is 6.34 Å². The second-order valence-corrected chi connectivity index (χ2v) is 6.78. The Morgan fingerprint density at radius 1 is 1.50 bits per heavy atom. The van der Waals surface area contributed by atoms with Gasteiger partial charge in [-0.2, -0.15) is 5.26 Å². The molecule has 0 saturated carbocycles. The molecule has 1 aromatic carbocycles. The molecule has 1 atom stereocenters. The highest BCUT2D eigenvalue weighted by Gasteiger charge is 2.17. The van der Waals surface area contributed by atoms with E-state index in [-0.39, 0.29) is 24.8 Å². The number of hydrogen-bond acceptors (Lipinski definition) is 7. The molecule has 0 fully saturated rings. The maximum Gasteiger partial charge on any atom is 0.276 e. The maximum atomic E-state index is 11.9. The Morgan fingerprint density at radius 2 is 2.20 bits per heavy atom. The Morgan fingerprint density at radius 3 is 2.73 bits per heavy atom. The fourth-order valence-electron chi connectivity index (χ4n) is 2.41. The smallest absolute Gasteiger partial charge is 0.276 e. The van der Waals surface area contributed by atoms with Crippen LogP contribution in [-0.4, -0.2) is 42.0 Å². The number of carbonyl (C=O) groups excluding carboxylic acids is 2. The molecule has 1 unspecified atom stereocenters. The van der Waals surface area contributed by atoms with Gasteiger partial charge in [0.05, 0.1) is 42.7 Å². The van der Waals surface area contributed by atoms with Crippen LogP contribution in [-0.2, 0) is 9.59 Å². The lowest BCUT2D eigenvalue weighted by atomic mass is 10.1. The Bertz CT molecular complexity index is 872. The fourth-order valence-corrected chi connectivity index (χ4v) is 2.84. The minimum absolute atomic E-state index is 0.139. The van der Waals surface area contributed by atoms with Crippen molar-refractivity contribution >= 4 is 35.0 Å². The molecule has 1 aromatic rings. The Kier molecular flexibility index (Phi) is 11.5. The van der Waals surface area contributed by atoms with Crippen LogP contribution < -0.4 is 10.6 Å². The first-order chi connectivity index (χ1) is 14.5. The summed E-state index contributed by atoms with van der Waals surface area (Å²) in [6.45, 7) is 5.28. The summed E-state index contributed by atoms with van der Waals surface area (Å²) in [5.41, 5.74) is 2.01. The van der Waals surface area contributed by atoms with Gasteiger partial charge in [-0.05, 0) is 17.4 Å². The van der Waals surface area contributed by atoms with Crippen molar-refractivity contribution in [1.29, 1.82) is 5.26 Å². The highest BCUT2D eigenvalue weighted by atomic mass is 32.2. The lowest BCUT2D eigenvalue weighted by Crippen LogP contribution is -2.34. The summed E-state index contributed by atoms with van der Waals surface area (Å²) in [6.07, 6.45) is 2.15. The molecule has 3 N–H and O–H groups in total. The molecule has 2 rings (SSSR count). The van der Waals surface area contributed by atoms with Crippen LogP contribution in [0.25, 0.3) is 0 Å². The monoisotopic (exact) mass is 427 g/mol. The third-order valence-corrected chi connectivity index (χ3v) is 4.64. The number of thioether (sulfide) groups is 1. The Labute approximate surface area is 180 Å². The highest BCUT2D eigenvalue weighted by Crippen LogP contribution is 2.14. The van der Waals surface area contributed by atoms with Crippen LogP contribution in [0.15, 0.2) is 63.6 Å². The minimum atomic E-state index is -0.430. The van der Waals surface area contributed by atoms with Crippen LogP contribution in [0.2, 0.25) is 0 Å². The second kappa shape index (κ2) is 13.9. The van der Waals surface area contributed by atoms with E-state index in [0.29, 0.717) is 22.7 Å². The number of aliphatic hydroxyl groups excluding tert-OH is 1. The van der Waals surface area contributed by atoms with Gasteiger partial charge in [0.2, 0.25) is 5.91 Å². The number of benzene rings is 1. The van der Waals surface area contributed by atoms with Crippen LogP contribution >= 0.6 is 11.8 Å². The molecular weight excluding hydrogens is 402 g/mol. The number of rotatable bonds is 5. The molecule has 0 aromatic heterocycles. The number of hydrogen-bond donors (Lipinski definition) is 3. The largest absolute Gasteiger partial charge is 0.394 e. The molecule has 0 bridgehead atoms. The summed E-state index contributed by atoms with van der Waals surface area (Å²) in [4.78, 5) is 30.6. The second-order valence-electron chi connectivity index (χ2n) is 5.83. The van der Waals surface area contributed by atoms with Crippen molar-refractivity contribution in [3.8, 4) is 6.07 Å². The summed E-state index contributed by atoms with van der Waals surface area (Å²) in [5.74, 6) is -0.496. The Balaban J connectivity index is 0.000000325. The van der Waals surface area contributed by atoms with Gasteiger partial charge in [-0.3, -0.25) is 14.6 Å². The average Bonchev–Trinajstić information content (AvgIpc) is 2.97. The number of nitrogens with zero attached hydrogens (tertiary/aromatic N) is 3. The molecular formula is C21H25N5O3S. The molecule has 0 radical (unpaired) electrons. The molecule has 0 aliphatic carbocycles. The first kappa shape index (κ1) is 24.8. The van der Waals surface area contributed by atoms with Crippen molar-refractivity contribution in [3.63, 3.8) is 0 Å². The van der Waals surface area contributed by atoms with E-state index < -0.39 is 6.04 Å². The van der Waals surface area contributed by atoms with Crippen LogP contribution in [0.3, 0.4) is 0 Å². The van der Waals surface area contributed by atoms with Crippen molar-refractivity contribution < 1.29 is 14.7 Å². The first-order valence-corrected chi connectivity index (χ1v) is 10.0. The third-order valence-electron chi connectivity index (χ3n) is 3.88. The highest BCUT2D eigenvalue weighted by molar-refractivity contribution is 8.18. The number of aliphatic hydroxyl groups is 1. The first-order valence-electron chi connectivity index (χ1n) is 9.15. The lowest BCUT2D eigenvalue weighted by Gasteiger charge is -2.16. The lowest BCUT2D eigenvalue weighted by molar-refractivity contribution is -0.119. The SMILES string of the molecule is C=CSC(=NC)C(=O)NC(CO)c1ccccc1.CCC1=C(C#N)CC(=O)NC=N1. The van der Waals surface area contributed by atoms with E-state index in [2.05, 4.69) is 27.2 Å². The topological polar surface area (TPSA) is 127 Å². The van der Waals surface area contributed by atoms with Gasteiger partial charge in [-0.15, -0.1) is 0 Å². The van der Waals surface area contributed by atoms with Crippen LogP contribution in [0, 0.1) is 11.3 Å². The number of nitriles is 1. The average molecular weight is 428 g/mol. The molecule has 1 aliphatic rings. The molecule has 1 heterocycles. The zero-order chi connectivity index (χ0) is 22.4. The van der Waals surface area contributed by atoms with Crippen molar-refractivity contribution in [1.82, 2.24) is 10.6 Å². The molecule has 0 spiro atoms. The van der Waals surface area contributed by atoms with Crippen molar-refractivity contribution in [2.24, 2.45) is 9.98 Å². The quantitative estimate of drug-likeness (QED) is 0.491. The molecule has 8 nitrogen and oxygen atoms in total. The van der Waals surface area contributed by atoms with Crippen molar-refractivity contribution in [3.05, 3.63) is 59.2 Å². The van der Waals surface area contributed by atoms with Crippen LogP contribution in [0.4, 0.5) is 0 Å². The minimum Gasteiger partial charge on any atom is -0.394 e. The summed E-state index contributed by atoms with van der Waals surface area (Å²) in [7, 11) is 1.54. The van der Waals surface area contributed by atoms with Crippen LogP contribution in [0.1, 0.15) is 31.4 Å². The van der Waals surface area contributed by atoms with E-state index in [1.54, 1.807) is 12.5 Å². The molecule has 2 amide bonds. The molecule has 9 heteroatoms. The number of carbonyl (C=O) groups is 2. The number of amides is 2. The number of nitrogens with one attached hydrogen (secondary N) is 2. The summed E-state index contributed by atoms with van der Waals surface area (Å²) in [6, 6.07) is 10.9. The van der Waals surface area contributed by atoms with Gasteiger partial charge in [0.1, 0.15) is 0 Å². The number of allylic oxidation sites excluding steroid dienone is 1. The standard InChI is InChI=1S/C13H16N2O2S.C8H9N3O/c1-3-18-13(14-2)12(17)15-11(9-16)10-7-5-4-6-8-10;1-2-7-6(4-9)3-8(12)11-5-10-7/h3-8,11,16H,1,9H2,2H3,(H,15,17);5H,2-3H2,1H3,(H,10,11,12). The van der Waals surface area contributed by atoms with E-state index in [9.17, 15) is 14.7 Å². The van der Waals surface area contributed by atoms with Crippen molar-refractivity contribution in [2.75, 3.05) is 13.7 Å².